The van der Waals surface area contributed by atoms with Crippen molar-refractivity contribution in [2.24, 2.45) is 11.5 Å². The summed E-state index contributed by atoms with van der Waals surface area (Å²) in [7, 11) is 1.48. The lowest BCUT2D eigenvalue weighted by Crippen LogP contribution is -2.25. The number of rotatable bonds is 9. The van der Waals surface area contributed by atoms with Crippen molar-refractivity contribution in [3.63, 3.8) is 0 Å². The first kappa shape index (κ1) is 21.7. The highest BCUT2D eigenvalue weighted by atomic mass is 16.5. The minimum Gasteiger partial charge on any atom is -0.496 e. The van der Waals surface area contributed by atoms with Crippen LogP contribution in [0.3, 0.4) is 0 Å². The molecule has 8 heteroatoms. The lowest BCUT2D eigenvalue weighted by molar-refractivity contribution is -0.144. The van der Waals surface area contributed by atoms with Crippen LogP contribution in [0, 0.1) is 5.41 Å². The van der Waals surface area contributed by atoms with E-state index in [-0.39, 0.29) is 12.4 Å². The fourth-order valence-corrected chi connectivity index (χ4v) is 3.10. The Balaban J connectivity index is 2.53. The molecule has 2 rings (SSSR count). The molecule has 0 aromatic heterocycles. The van der Waals surface area contributed by atoms with Crippen LogP contribution in [0.25, 0.3) is 0 Å². The van der Waals surface area contributed by atoms with Crippen LogP contribution in [0.5, 0.6) is 5.75 Å². The first-order valence-electron chi connectivity index (χ1n) is 9.21. The molecule has 0 radical (unpaired) electrons. The van der Waals surface area contributed by atoms with Crippen LogP contribution in [0.15, 0.2) is 36.4 Å². The zero-order valence-corrected chi connectivity index (χ0v) is 16.7. The molecule has 0 aliphatic rings. The maximum Gasteiger partial charge on any atom is 0.333 e. The van der Waals surface area contributed by atoms with E-state index in [0.29, 0.717) is 40.1 Å². The average Bonchev–Trinajstić information content (AvgIpc) is 2.71. The van der Waals surface area contributed by atoms with E-state index in [1.54, 1.807) is 43.3 Å². The molecule has 29 heavy (non-hydrogen) atoms. The molecule has 2 aromatic rings. The number of benzene rings is 2. The Kier molecular flexibility index (Phi) is 7.19. The van der Waals surface area contributed by atoms with Gasteiger partial charge in [-0.05, 0) is 43.7 Å². The summed E-state index contributed by atoms with van der Waals surface area (Å²) in [5.41, 5.74) is 13.7. The van der Waals surface area contributed by atoms with Gasteiger partial charge in [-0.15, -0.1) is 0 Å². The number of nitrogens with one attached hydrogen (secondary N) is 2. The summed E-state index contributed by atoms with van der Waals surface area (Å²) in [6.45, 7) is 3.81. The van der Waals surface area contributed by atoms with Gasteiger partial charge in [-0.2, -0.15) is 0 Å². The van der Waals surface area contributed by atoms with Crippen molar-refractivity contribution in [1.29, 1.82) is 5.41 Å². The molecule has 0 spiro atoms. The Morgan fingerprint density at radius 2 is 1.76 bits per heavy atom. The summed E-state index contributed by atoms with van der Waals surface area (Å²) >= 11 is 0. The molecule has 1 atom stereocenters. The summed E-state index contributed by atoms with van der Waals surface area (Å²) in [6, 6.07) is 9.14. The van der Waals surface area contributed by atoms with E-state index in [1.807, 2.05) is 6.92 Å². The van der Waals surface area contributed by atoms with Gasteiger partial charge in [-0.1, -0.05) is 13.0 Å². The largest absolute Gasteiger partial charge is 0.496 e. The van der Waals surface area contributed by atoms with Crippen LogP contribution in [0.2, 0.25) is 0 Å². The minimum absolute atomic E-state index is 0.0465. The van der Waals surface area contributed by atoms with Gasteiger partial charge < -0.3 is 26.3 Å². The van der Waals surface area contributed by atoms with Gasteiger partial charge in [0.05, 0.1) is 13.7 Å². The third kappa shape index (κ3) is 4.84. The molecule has 0 bridgehead atoms. The summed E-state index contributed by atoms with van der Waals surface area (Å²) in [5, 5.41) is 10.6. The Bertz CT molecular complexity index is 910. The number of ether oxygens (including phenoxy) is 2. The summed E-state index contributed by atoms with van der Waals surface area (Å²) in [6.07, 6.45) is 0.498. The molecule has 6 N–H and O–H groups in total. The fraction of sp³-hybridized carbons (Fsp3) is 0.286. The number of amidine groups is 1. The molecule has 0 fully saturated rings. The number of carbonyl (C=O) groups excluding carboxylic acids is 2. The van der Waals surface area contributed by atoms with Crippen molar-refractivity contribution in [2.75, 3.05) is 19.0 Å². The predicted octanol–water partition coefficient (Wildman–Crippen LogP) is 2.36. The minimum atomic E-state index is -0.875. The molecule has 0 saturated carbocycles. The lowest BCUT2D eigenvalue weighted by atomic mass is 9.95. The Labute approximate surface area is 169 Å². The molecule has 0 heterocycles. The van der Waals surface area contributed by atoms with Gasteiger partial charge in [0.1, 0.15) is 11.6 Å². The maximum absolute atomic E-state index is 12.7. The quantitative estimate of drug-likeness (QED) is 0.290. The predicted molar refractivity (Wildman–Crippen MR) is 111 cm³/mol. The molecular weight excluding hydrogens is 372 g/mol. The number of nitrogens with two attached hydrogens (primary N) is 2. The normalized spacial score (nSPS) is 11.4. The fourth-order valence-electron chi connectivity index (χ4n) is 3.10. The van der Waals surface area contributed by atoms with E-state index in [4.69, 9.17) is 26.4 Å². The number of nitrogen functional groups attached to an aromatic ring is 1. The number of primary amides is 1. The molecule has 1 unspecified atom stereocenters. The highest BCUT2D eigenvalue weighted by Crippen LogP contribution is 2.34. The highest BCUT2D eigenvalue weighted by molar-refractivity contribution is 5.96. The zero-order valence-electron chi connectivity index (χ0n) is 16.7. The Morgan fingerprint density at radius 1 is 1.10 bits per heavy atom. The number of anilines is 1. The number of esters is 1. The van der Waals surface area contributed by atoms with E-state index >= 15 is 0 Å². The van der Waals surface area contributed by atoms with Gasteiger partial charge in [0.2, 0.25) is 5.91 Å². The van der Waals surface area contributed by atoms with Gasteiger partial charge in [0.15, 0.2) is 6.04 Å². The van der Waals surface area contributed by atoms with Crippen LogP contribution in [-0.4, -0.2) is 31.4 Å². The molecule has 0 aliphatic carbocycles. The highest BCUT2D eigenvalue weighted by Gasteiger charge is 2.28. The summed E-state index contributed by atoms with van der Waals surface area (Å²) in [5.74, 6) is -0.688. The van der Waals surface area contributed by atoms with Crippen LogP contribution in [-0.2, 0) is 16.0 Å². The Hall–Kier alpha value is -3.55. The van der Waals surface area contributed by atoms with E-state index < -0.39 is 17.9 Å². The summed E-state index contributed by atoms with van der Waals surface area (Å²) < 4.78 is 10.8. The van der Waals surface area contributed by atoms with Crippen LogP contribution >= 0.6 is 0 Å². The molecular formula is C21H26N4O4. The second-order valence-electron chi connectivity index (χ2n) is 6.25. The summed E-state index contributed by atoms with van der Waals surface area (Å²) in [4.78, 5) is 24.5. The van der Waals surface area contributed by atoms with Crippen molar-refractivity contribution in [2.45, 2.75) is 26.3 Å². The van der Waals surface area contributed by atoms with Crippen LogP contribution < -0.4 is 21.5 Å². The molecule has 154 valence electrons. The smallest absolute Gasteiger partial charge is 0.333 e. The molecule has 0 aliphatic heterocycles. The van der Waals surface area contributed by atoms with Crippen LogP contribution in [0.4, 0.5) is 5.69 Å². The Morgan fingerprint density at radius 3 is 2.24 bits per heavy atom. The van der Waals surface area contributed by atoms with Gasteiger partial charge in [-0.25, -0.2) is 4.79 Å². The van der Waals surface area contributed by atoms with Crippen molar-refractivity contribution in [3.05, 3.63) is 58.7 Å². The van der Waals surface area contributed by atoms with Crippen molar-refractivity contribution in [1.82, 2.24) is 0 Å². The zero-order chi connectivity index (χ0) is 21.6. The molecule has 0 saturated heterocycles. The first-order chi connectivity index (χ1) is 13.8. The lowest BCUT2D eigenvalue weighted by Gasteiger charge is -2.23. The van der Waals surface area contributed by atoms with Gasteiger partial charge in [0, 0.05) is 27.9 Å². The number of carbonyl (C=O) groups is 2. The van der Waals surface area contributed by atoms with Crippen molar-refractivity contribution >= 4 is 23.4 Å². The van der Waals surface area contributed by atoms with Crippen molar-refractivity contribution in [3.8, 4) is 5.75 Å². The standard InChI is InChI=1S/C21H26N4O4/c1-4-14-15(20(24)26)10-11-16(18(14)28-3)17(21(27)29-5-2)25-13-8-6-12(7-9-13)19(22)23/h6-11,17,25H,4-5H2,1-3H3,(H3,22,23)(H2,24,26). The van der Waals surface area contributed by atoms with E-state index in [0.717, 1.165) is 0 Å². The molecule has 8 nitrogen and oxygen atoms in total. The second-order valence-corrected chi connectivity index (χ2v) is 6.25. The van der Waals surface area contributed by atoms with E-state index in [1.165, 1.54) is 7.11 Å². The first-order valence-corrected chi connectivity index (χ1v) is 9.21. The maximum atomic E-state index is 12.7. The number of hydrogen-bond donors (Lipinski definition) is 4. The third-order valence-corrected chi connectivity index (χ3v) is 4.45. The number of methoxy groups -OCH3 is 1. The van der Waals surface area contributed by atoms with Crippen LogP contribution in [0.1, 0.15) is 46.9 Å². The van der Waals surface area contributed by atoms with E-state index in [9.17, 15) is 9.59 Å². The molecule has 1 amide bonds. The molecule has 2 aromatic carbocycles. The van der Waals surface area contributed by atoms with E-state index in [2.05, 4.69) is 5.32 Å². The third-order valence-electron chi connectivity index (χ3n) is 4.45. The average molecular weight is 398 g/mol. The van der Waals surface area contributed by atoms with Gasteiger partial charge >= 0.3 is 5.97 Å². The topological polar surface area (TPSA) is 141 Å². The monoisotopic (exact) mass is 398 g/mol. The van der Waals surface area contributed by atoms with Crippen molar-refractivity contribution < 1.29 is 19.1 Å². The SMILES string of the molecule is CCOC(=O)C(Nc1ccc(C(=N)N)cc1)c1ccc(C(N)=O)c(CC)c1OC. The number of hydrogen-bond acceptors (Lipinski definition) is 6. The van der Waals surface area contributed by atoms with Gasteiger partial charge in [-0.3, -0.25) is 10.2 Å². The van der Waals surface area contributed by atoms with Gasteiger partial charge in [0.25, 0.3) is 0 Å². The number of amides is 1. The second kappa shape index (κ2) is 9.59.